The molecule has 1 aromatic rings. The van der Waals surface area contributed by atoms with E-state index in [-0.39, 0.29) is 6.29 Å². The molecule has 17 heavy (non-hydrogen) atoms. The summed E-state index contributed by atoms with van der Waals surface area (Å²) in [4.78, 5) is 9.63. The third-order valence-corrected chi connectivity index (χ3v) is 4.09. The van der Waals surface area contributed by atoms with E-state index >= 15 is 0 Å². The first-order valence-electron chi connectivity index (χ1n) is 4.09. The molecule has 0 saturated heterocycles. The molecule has 0 unspecified atom stereocenters. The van der Waals surface area contributed by atoms with Gasteiger partial charge in [0.05, 0.1) is 12.0 Å². The van der Waals surface area contributed by atoms with Gasteiger partial charge in [-0.25, -0.2) is 0 Å². The van der Waals surface area contributed by atoms with E-state index in [0.717, 1.165) is 25.3 Å². The van der Waals surface area contributed by atoms with Crippen LogP contribution in [0.2, 0.25) is 0 Å². The normalized spacial score (nSPS) is 12.4. The molecule has 0 bridgehead atoms. The Balaban J connectivity index is 3.55. The van der Waals surface area contributed by atoms with E-state index < -0.39 is 35.6 Å². The van der Waals surface area contributed by atoms with Crippen LogP contribution >= 0.6 is 0 Å². The van der Waals surface area contributed by atoms with Crippen LogP contribution in [0.1, 0.15) is 10.4 Å². The lowest BCUT2D eigenvalue weighted by molar-refractivity contribution is 0.112. The van der Waals surface area contributed by atoms with Crippen molar-refractivity contribution in [2.75, 3.05) is 7.11 Å². The second-order valence-corrected chi connectivity index (χ2v) is 6.02. The number of hydrogen-bond acceptors (Lipinski definition) is 6. The molecule has 1 aromatic carbocycles. The summed E-state index contributed by atoms with van der Waals surface area (Å²) in [5, 5.41) is 0. The van der Waals surface area contributed by atoms with Gasteiger partial charge in [0.1, 0.15) is 4.90 Å². The van der Waals surface area contributed by atoms with Crippen molar-refractivity contribution in [1.82, 2.24) is 0 Å². The third kappa shape index (κ3) is 2.88. The summed E-state index contributed by atoms with van der Waals surface area (Å²) in [6.07, 6.45) is 0.153. The number of hydrogen-bond donors (Lipinski definition) is 1. The molecular formula is C8H8O7S2. The summed E-state index contributed by atoms with van der Waals surface area (Å²) in [6, 6.07) is 2.47. The Labute approximate surface area is 97.9 Å². The van der Waals surface area contributed by atoms with Crippen molar-refractivity contribution in [1.29, 1.82) is 0 Å². The smallest absolute Gasteiger partial charge is 0.297 e. The van der Waals surface area contributed by atoms with Gasteiger partial charge in [-0.3, -0.25) is 13.5 Å². The Morgan fingerprint density at radius 3 is 2.24 bits per heavy atom. The summed E-state index contributed by atoms with van der Waals surface area (Å²) >= 11 is 0. The monoisotopic (exact) mass is 280 g/mol. The molecule has 94 valence electrons. The molecule has 0 fully saturated rings. The molecule has 1 N–H and O–H groups in total. The highest BCUT2D eigenvalue weighted by molar-refractivity contribution is 7.87. The topological polar surface area (TPSA) is 115 Å². The number of benzene rings is 1. The molecule has 0 heterocycles. The minimum absolute atomic E-state index is 0.153. The van der Waals surface area contributed by atoms with Crippen LogP contribution < -0.4 is 0 Å². The van der Waals surface area contributed by atoms with Crippen LogP contribution in [0.15, 0.2) is 28.0 Å². The lowest BCUT2D eigenvalue weighted by Gasteiger charge is -2.05. The third-order valence-electron chi connectivity index (χ3n) is 1.89. The Hall–Kier alpha value is -1.29. The van der Waals surface area contributed by atoms with Crippen molar-refractivity contribution in [2.45, 2.75) is 9.79 Å². The zero-order valence-corrected chi connectivity index (χ0v) is 10.2. The fourth-order valence-corrected chi connectivity index (χ4v) is 2.42. The largest absolute Gasteiger partial charge is 0.298 e. The zero-order chi connectivity index (χ0) is 13.3. The average molecular weight is 280 g/mol. The summed E-state index contributed by atoms with van der Waals surface area (Å²) in [6.45, 7) is 0. The van der Waals surface area contributed by atoms with Crippen molar-refractivity contribution in [3.05, 3.63) is 23.8 Å². The highest BCUT2D eigenvalue weighted by Gasteiger charge is 2.20. The lowest BCUT2D eigenvalue weighted by atomic mass is 10.2. The maximum atomic E-state index is 11.3. The van der Waals surface area contributed by atoms with Gasteiger partial charge in [-0.15, -0.1) is 0 Å². The molecule has 9 heteroatoms. The SMILES string of the molecule is COS(=O)(=O)c1ccc(S(=O)(=O)O)cc1C=O. The Kier molecular flexibility index (Phi) is 3.67. The second-order valence-electron chi connectivity index (χ2n) is 2.91. The van der Waals surface area contributed by atoms with Crippen LogP contribution in [0.5, 0.6) is 0 Å². The van der Waals surface area contributed by atoms with Crippen molar-refractivity contribution in [3.63, 3.8) is 0 Å². The van der Waals surface area contributed by atoms with E-state index in [4.69, 9.17) is 4.55 Å². The number of carbonyl (C=O) groups is 1. The fourth-order valence-electron chi connectivity index (χ4n) is 1.10. The van der Waals surface area contributed by atoms with Crippen molar-refractivity contribution in [2.24, 2.45) is 0 Å². The zero-order valence-electron chi connectivity index (χ0n) is 8.52. The van der Waals surface area contributed by atoms with E-state index in [1.54, 1.807) is 0 Å². The van der Waals surface area contributed by atoms with Gasteiger partial charge in [-0.1, -0.05) is 0 Å². The average Bonchev–Trinajstić information content (AvgIpc) is 2.27. The summed E-state index contributed by atoms with van der Waals surface area (Å²) < 4.78 is 57.2. The number of aldehydes is 1. The second kappa shape index (κ2) is 4.53. The molecular weight excluding hydrogens is 272 g/mol. The first-order chi connectivity index (χ1) is 7.72. The molecule has 0 aliphatic carbocycles. The molecule has 7 nitrogen and oxygen atoms in total. The predicted molar refractivity (Wildman–Crippen MR) is 55.8 cm³/mol. The van der Waals surface area contributed by atoms with Crippen molar-refractivity contribution >= 4 is 26.5 Å². The van der Waals surface area contributed by atoms with Crippen molar-refractivity contribution < 1.29 is 30.4 Å². The first-order valence-corrected chi connectivity index (χ1v) is 6.94. The van der Waals surface area contributed by atoms with Gasteiger partial charge < -0.3 is 0 Å². The van der Waals surface area contributed by atoms with Crippen LogP contribution in [-0.2, 0) is 24.4 Å². The summed E-state index contributed by atoms with van der Waals surface area (Å²) in [5.74, 6) is 0. The minimum Gasteiger partial charge on any atom is -0.298 e. The predicted octanol–water partition coefficient (Wildman–Crippen LogP) is 0.0809. The molecule has 0 amide bonds. The molecule has 0 aliphatic rings. The van der Waals surface area contributed by atoms with E-state index in [1.165, 1.54) is 0 Å². The molecule has 0 spiro atoms. The van der Waals surface area contributed by atoms with Crippen LogP contribution in [0.3, 0.4) is 0 Å². The van der Waals surface area contributed by atoms with Gasteiger partial charge in [0.2, 0.25) is 0 Å². The van der Waals surface area contributed by atoms with Gasteiger partial charge in [0.25, 0.3) is 20.2 Å². The van der Waals surface area contributed by atoms with Crippen LogP contribution in [0.4, 0.5) is 0 Å². The minimum atomic E-state index is -4.50. The van der Waals surface area contributed by atoms with Crippen LogP contribution in [0.25, 0.3) is 0 Å². The summed E-state index contributed by atoms with van der Waals surface area (Å²) in [5.41, 5.74) is -0.415. The maximum Gasteiger partial charge on any atom is 0.297 e. The van der Waals surface area contributed by atoms with Crippen LogP contribution in [-0.4, -0.2) is 34.8 Å². The molecule has 0 saturated carbocycles. The summed E-state index contributed by atoms with van der Waals surface area (Å²) in [7, 11) is -7.71. The lowest BCUT2D eigenvalue weighted by Crippen LogP contribution is -2.08. The highest BCUT2D eigenvalue weighted by atomic mass is 32.2. The molecule has 0 atom stereocenters. The van der Waals surface area contributed by atoms with E-state index in [0.29, 0.717) is 0 Å². The van der Waals surface area contributed by atoms with E-state index in [1.807, 2.05) is 0 Å². The quantitative estimate of drug-likeness (QED) is 0.471. The standard InChI is InChI=1S/C8H8O7S2/c1-15-17(13,14)8-3-2-7(16(10,11)12)4-6(8)5-9/h2-5H,1H3,(H,10,11,12). The van der Waals surface area contributed by atoms with Gasteiger partial charge in [0, 0.05) is 5.56 Å². The van der Waals surface area contributed by atoms with Crippen molar-refractivity contribution in [3.8, 4) is 0 Å². The Bertz CT molecular complexity index is 642. The number of rotatable bonds is 4. The fraction of sp³-hybridized carbons (Fsp3) is 0.125. The van der Waals surface area contributed by atoms with E-state index in [2.05, 4.69) is 4.18 Å². The van der Waals surface area contributed by atoms with E-state index in [9.17, 15) is 21.6 Å². The highest BCUT2D eigenvalue weighted by Crippen LogP contribution is 2.20. The van der Waals surface area contributed by atoms with Crippen LogP contribution in [0, 0.1) is 0 Å². The number of carbonyl (C=O) groups excluding carboxylic acids is 1. The van der Waals surface area contributed by atoms with Gasteiger partial charge in [-0.2, -0.15) is 16.8 Å². The van der Waals surface area contributed by atoms with Gasteiger partial charge in [-0.05, 0) is 18.2 Å². The van der Waals surface area contributed by atoms with Gasteiger partial charge >= 0.3 is 0 Å². The van der Waals surface area contributed by atoms with Gasteiger partial charge in [0.15, 0.2) is 6.29 Å². The molecule has 1 rings (SSSR count). The first kappa shape index (κ1) is 13.8. The Morgan fingerprint density at radius 1 is 1.24 bits per heavy atom. The Morgan fingerprint density at radius 2 is 1.82 bits per heavy atom. The molecule has 0 radical (unpaired) electrons. The molecule has 0 aromatic heterocycles. The molecule has 0 aliphatic heterocycles. The maximum absolute atomic E-state index is 11.3.